The maximum Gasteiger partial charge on any atom is 0.416 e. The topological polar surface area (TPSA) is 96.9 Å². The number of fused-ring (bicyclic) bond motifs is 1. The second-order valence-electron chi connectivity index (χ2n) is 8.92. The summed E-state index contributed by atoms with van der Waals surface area (Å²) in [7, 11) is 0. The molecule has 2 aromatic carbocycles. The summed E-state index contributed by atoms with van der Waals surface area (Å²) < 4.78 is 49.4. The number of benzene rings is 2. The molecule has 188 valence electrons. The molecular weight excluding hydrogens is 465 g/mol. The van der Waals surface area contributed by atoms with Gasteiger partial charge in [0.05, 0.1) is 24.3 Å². The Labute approximate surface area is 200 Å². The van der Waals surface area contributed by atoms with Gasteiger partial charge in [0.2, 0.25) is 5.91 Å². The van der Waals surface area contributed by atoms with Crippen LogP contribution in [0.3, 0.4) is 0 Å². The predicted octanol–water partition coefficient (Wildman–Crippen LogP) is 3.18. The molecule has 0 saturated carbocycles. The second kappa shape index (κ2) is 10.2. The zero-order chi connectivity index (χ0) is 25.2. The van der Waals surface area contributed by atoms with Gasteiger partial charge in [0.1, 0.15) is 11.9 Å². The molecule has 10 heteroatoms. The summed E-state index contributed by atoms with van der Waals surface area (Å²) in [6.45, 7) is 2.13. The van der Waals surface area contributed by atoms with Crippen molar-refractivity contribution < 1.29 is 37.3 Å². The highest BCUT2D eigenvalue weighted by molar-refractivity contribution is 5.82. The summed E-state index contributed by atoms with van der Waals surface area (Å²) >= 11 is 0. The van der Waals surface area contributed by atoms with Crippen LogP contribution in [0.4, 0.5) is 13.2 Å². The average molecular weight is 492 g/mol. The van der Waals surface area contributed by atoms with Gasteiger partial charge >= 0.3 is 6.18 Å². The minimum absolute atomic E-state index is 0.0827. The summed E-state index contributed by atoms with van der Waals surface area (Å²) in [6, 6.07) is 9.71. The van der Waals surface area contributed by atoms with Crippen molar-refractivity contribution in [2.45, 2.75) is 63.3 Å². The molecule has 2 amide bonds. The number of ether oxygens (including phenoxy) is 2. The Kier molecular flexibility index (Phi) is 7.32. The molecule has 2 heterocycles. The summed E-state index contributed by atoms with van der Waals surface area (Å²) in [5.41, 5.74) is 1.45. The number of carbonyl (C=O) groups excluding carboxylic acids is 2. The van der Waals surface area contributed by atoms with Crippen molar-refractivity contribution in [2.24, 2.45) is 0 Å². The molecule has 7 nitrogen and oxygen atoms in total. The van der Waals surface area contributed by atoms with Gasteiger partial charge in [-0.3, -0.25) is 9.59 Å². The first-order valence-electron chi connectivity index (χ1n) is 11.4. The number of aliphatic hydroxyl groups excluding tert-OH is 1. The number of hydrogen-bond acceptors (Lipinski definition) is 5. The van der Waals surface area contributed by atoms with Crippen LogP contribution in [0.25, 0.3) is 0 Å². The smallest absolute Gasteiger partial charge is 0.416 e. The van der Waals surface area contributed by atoms with E-state index in [9.17, 15) is 27.9 Å². The maximum absolute atomic E-state index is 12.7. The van der Waals surface area contributed by atoms with E-state index in [0.717, 1.165) is 17.7 Å². The van der Waals surface area contributed by atoms with Crippen molar-refractivity contribution in [1.82, 2.24) is 10.6 Å². The van der Waals surface area contributed by atoms with Crippen LogP contribution in [0.1, 0.15) is 47.6 Å². The highest BCUT2D eigenvalue weighted by atomic mass is 19.4. The molecule has 35 heavy (non-hydrogen) atoms. The molecule has 1 saturated heterocycles. The van der Waals surface area contributed by atoms with Gasteiger partial charge < -0.3 is 25.2 Å². The summed E-state index contributed by atoms with van der Waals surface area (Å²) in [5.74, 6) is -0.228. The lowest BCUT2D eigenvalue weighted by Crippen LogP contribution is -2.51. The van der Waals surface area contributed by atoms with Crippen LogP contribution < -0.4 is 15.4 Å². The maximum atomic E-state index is 12.7. The fourth-order valence-corrected chi connectivity index (χ4v) is 4.21. The van der Waals surface area contributed by atoms with Crippen LogP contribution in [0.5, 0.6) is 5.75 Å². The highest BCUT2D eigenvalue weighted by Crippen LogP contribution is 2.35. The van der Waals surface area contributed by atoms with E-state index in [0.29, 0.717) is 29.7 Å². The monoisotopic (exact) mass is 492 g/mol. The largest absolute Gasteiger partial charge is 0.480 e. The molecular formula is C25H27F3N2O5. The predicted molar refractivity (Wildman–Crippen MR) is 119 cm³/mol. The van der Waals surface area contributed by atoms with Gasteiger partial charge in [-0.25, -0.2) is 0 Å². The molecule has 0 radical (unpaired) electrons. The first-order valence-corrected chi connectivity index (χ1v) is 11.4. The average Bonchev–Trinajstić information content (AvgIpc) is 2.83. The third kappa shape index (κ3) is 6.12. The van der Waals surface area contributed by atoms with Crippen molar-refractivity contribution >= 4 is 11.8 Å². The van der Waals surface area contributed by atoms with E-state index in [4.69, 9.17) is 9.47 Å². The Bertz CT molecular complexity index is 1070. The third-order valence-electron chi connectivity index (χ3n) is 6.19. The number of nitrogens with one attached hydrogen (secondary N) is 2. The van der Waals surface area contributed by atoms with Gasteiger partial charge in [-0.15, -0.1) is 0 Å². The number of carbonyl (C=O) groups is 2. The Morgan fingerprint density at radius 2 is 1.80 bits per heavy atom. The Balaban J connectivity index is 1.22. The van der Waals surface area contributed by atoms with E-state index in [-0.39, 0.29) is 37.4 Å². The lowest BCUT2D eigenvalue weighted by atomic mass is 9.96. The van der Waals surface area contributed by atoms with E-state index >= 15 is 0 Å². The van der Waals surface area contributed by atoms with Gasteiger partial charge in [0, 0.05) is 18.5 Å². The van der Waals surface area contributed by atoms with Gasteiger partial charge in [0.25, 0.3) is 5.91 Å². The summed E-state index contributed by atoms with van der Waals surface area (Å²) in [6.07, 6.45) is -5.71. The van der Waals surface area contributed by atoms with Gasteiger partial charge in [-0.05, 0) is 49.6 Å². The molecule has 4 rings (SSSR count). The molecule has 2 aliphatic heterocycles. The molecule has 2 aromatic rings. The van der Waals surface area contributed by atoms with Crippen LogP contribution in [-0.4, -0.2) is 41.8 Å². The second-order valence-corrected chi connectivity index (χ2v) is 8.92. The van der Waals surface area contributed by atoms with E-state index in [1.165, 1.54) is 12.1 Å². The van der Waals surface area contributed by atoms with E-state index in [2.05, 4.69) is 10.6 Å². The van der Waals surface area contributed by atoms with Crippen LogP contribution in [0.2, 0.25) is 0 Å². The van der Waals surface area contributed by atoms with Crippen molar-refractivity contribution in [1.29, 1.82) is 0 Å². The van der Waals surface area contributed by atoms with Gasteiger partial charge in [-0.2, -0.15) is 13.2 Å². The van der Waals surface area contributed by atoms with Crippen molar-refractivity contribution in [3.05, 3.63) is 64.7 Å². The first-order chi connectivity index (χ1) is 16.6. The summed E-state index contributed by atoms with van der Waals surface area (Å²) in [5, 5.41) is 15.9. The molecule has 0 unspecified atom stereocenters. The van der Waals surface area contributed by atoms with E-state index < -0.39 is 30.1 Å². The highest BCUT2D eigenvalue weighted by Gasteiger charge is 2.34. The molecule has 0 aromatic heterocycles. The lowest BCUT2D eigenvalue weighted by molar-refractivity contribution is -0.139. The molecule has 1 fully saturated rings. The number of amides is 2. The van der Waals surface area contributed by atoms with Gasteiger partial charge in [0.15, 0.2) is 6.10 Å². The van der Waals surface area contributed by atoms with Gasteiger partial charge in [-0.1, -0.05) is 23.8 Å². The Morgan fingerprint density at radius 1 is 1.06 bits per heavy atom. The zero-order valence-corrected chi connectivity index (χ0v) is 19.1. The molecule has 4 atom stereocenters. The SMILES string of the molecule is Cc1ccc2c(c1)[C@@H](O)C[C@@H](C(=O)N[C@@H]1CC[C@@H](C(=O)NCc3ccc(C(F)(F)F)cc3)OC1)O2. The molecule has 0 bridgehead atoms. The Hall–Kier alpha value is -3.11. The minimum atomic E-state index is -4.41. The minimum Gasteiger partial charge on any atom is -0.480 e. The number of aliphatic hydroxyl groups is 1. The number of hydrogen-bond donors (Lipinski definition) is 3. The molecule has 3 N–H and O–H groups in total. The zero-order valence-electron chi connectivity index (χ0n) is 19.1. The quantitative estimate of drug-likeness (QED) is 0.596. The van der Waals surface area contributed by atoms with Crippen LogP contribution in [0.15, 0.2) is 42.5 Å². The van der Waals surface area contributed by atoms with E-state index in [1.807, 2.05) is 19.1 Å². The van der Waals surface area contributed by atoms with Crippen LogP contribution in [-0.2, 0) is 27.0 Å². The van der Waals surface area contributed by atoms with Crippen molar-refractivity contribution in [2.75, 3.05) is 6.61 Å². The molecule has 0 spiro atoms. The lowest BCUT2D eigenvalue weighted by Gasteiger charge is -2.32. The third-order valence-corrected chi connectivity index (χ3v) is 6.19. The molecule has 0 aliphatic carbocycles. The van der Waals surface area contributed by atoms with Crippen LogP contribution in [0, 0.1) is 6.92 Å². The Morgan fingerprint density at radius 3 is 2.46 bits per heavy atom. The number of alkyl halides is 3. The molecule has 2 aliphatic rings. The van der Waals surface area contributed by atoms with Crippen LogP contribution >= 0.6 is 0 Å². The van der Waals surface area contributed by atoms with Crippen molar-refractivity contribution in [3.63, 3.8) is 0 Å². The van der Waals surface area contributed by atoms with Crippen molar-refractivity contribution in [3.8, 4) is 5.75 Å². The number of rotatable bonds is 5. The van der Waals surface area contributed by atoms with E-state index in [1.54, 1.807) is 6.07 Å². The fourth-order valence-electron chi connectivity index (χ4n) is 4.21. The number of halogens is 3. The summed E-state index contributed by atoms with van der Waals surface area (Å²) in [4.78, 5) is 25.1. The first kappa shape index (κ1) is 25.0. The fraction of sp³-hybridized carbons (Fsp3) is 0.440. The number of aryl methyl sites for hydroxylation is 1. The standard InChI is InChI=1S/C25H27F3N2O5/c1-14-2-8-20-18(10-14)19(31)11-22(35-20)24(33)30-17-7-9-21(34-13-17)23(32)29-12-15-3-5-16(6-4-15)25(26,27)28/h2-6,8,10,17,19,21-22,31H,7,9,11-13H2,1H3,(H,29,32)(H,30,33)/t17-,19+,21+,22+/m1/s1. The normalized spacial score (nSPS) is 24.1.